The fourth-order valence-corrected chi connectivity index (χ4v) is 5.48. The van der Waals surface area contributed by atoms with E-state index >= 15 is 0 Å². The number of nitriles is 1. The Morgan fingerprint density at radius 1 is 1.21 bits per heavy atom. The molecule has 1 spiro atoms. The molecule has 1 amide bonds. The number of thioether (sulfide) groups is 1. The lowest BCUT2D eigenvalue weighted by molar-refractivity contribution is -0.120. The summed E-state index contributed by atoms with van der Waals surface area (Å²) in [7, 11) is 0. The Morgan fingerprint density at radius 2 is 1.94 bits per heavy atom. The number of fused-ring (bicyclic) bond motifs is 4. The number of para-hydroxylation sites is 1. The number of rotatable bonds is 4. The minimum atomic E-state index is -1.71. The minimum absolute atomic E-state index is 0.0156. The quantitative estimate of drug-likeness (QED) is 0.392. The highest BCUT2D eigenvalue weighted by atomic mass is 32.2. The van der Waals surface area contributed by atoms with Crippen molar-refractivity contribution in [1.82, 2.24) is 9.97 Å². The SMILES string of the molecule is CCN1C(=O)[C@@]2(C(C#N)=C(N)Nc3nc(SCc4ccccc4F)[nH]c(=O)c32)c2ccccc21. The van der Waals surface area contributed by atoms with E-state index in [9.17, 15) is 19.2 Å². The molecule has 1 atom stereocenters. The molecule has 3 heterocycles. The lowest BCUT2D eigenvalue weighted by Crippen LogP contribution is -2.49. The van der Waals surface area contributed by atoms with Gasteiger partial charge in [0.2, 0.25) is 5.91 Å². The van der Waals surface area contributed by atoms with Gasteiger partial charge in [0, 0.05) is 23.5 Å². The van der Waals surface area contributed by atoms with Gasteiger partial charge in [-0.3, -0.25) is 9.59 Å². The number of benzene rings is 2. The molecule has 4 N–H and O–H groups in total. The van der Waals surface area contributed by atoms with Crippen molar-refractivity contribution < 1.29 is 9.18 Å². The van der Waals surface area contributed by atoms with Crippen molar-refractivity contribution in [2.75, 3.05) is 16.8 Å². The van der Waals surface area contributed by atoms with Gasteiger partial charge in [-0.1, -0.05) is 48.2 Å². The topological polar surface area (TPSA) is 128 Å². The fourth-order valence-electron chi connectivity index (χ4n) is 4.63. The third-order valence-corrected chi connectivity index (χ3v) is 7.01. The molecule has 0 fully saturated rings. The van der Waals surface area contributed by atoms with E-state index in [0.29, 0.717) is 23.4 Å². The number of likely N-dealkylation sites (N-methyl/N-ethyl adjacent to an activating group) is 1. The van der Waals surface area contributed by atoms with Crippen LogP contribution in [-0.4, -0.2) is 22.4 Å². The molecule has 5 rings (SSSR count). The van der Waals surface area contributed by atoms with E-state index < -0.39 is 16.9 Å². The molecule has 2 aliphatic heterocycles. The molecule has 0 radical (unpaired) electrons. The van der Waals surface area contributed by atoms with Crippen LogP contribution in [0.1, 0.15) is 23.6 Å². The van der Waals surface area contributed by atoms with Gasteiger partial charge in [0.05, 0.1) is 11.1 Å². The van der Waals surface area contributed by atoms with Crippen molar-refractivity contribution in [2.45, 2.75) is 23.2 Å². The van der Waals surface area contributed by atoms with Gasteiger partial charge in [-0.15, -0.1) is 0 Å². The average Bonchev–Trinajstić information content (AvgIpc) is 3.06. The summed E-state index contributed by atoms with van der Waals surface area (Å²) < 4.78 is 14.0. The van der Waals surface area contributed by atoms with Gasteiger partial charge in [0.15, 0.2) is 5.16 Å². The number of nitrogens with zero attached hydrogens (tertiary/aromatic N) is 3. The summed E-state index contributed by atoms with van der Waals surface area (Å²) in [4.78, 5) is 36.1. The van der Waals surface area contributed by atoms with Crippen molar-refractivity contribution in [1.29, 1.82) is 5.26 Å². The van der Waals surface area contributed by atoms with E-state index in [-0.39, 0.29) is 39.5 Å². The zero-order valence-corrected chi connectivity index (χ0v) is 18.9. The van der Waals surface area contributed by atoms with E-state index in [2.05, 4.69) is 21.4 Å². The van der Waals surface area contributed by atoms with Crippen LogP contribution >= 0.6 is 11.8 Å². The van der Waals surface area contributed by atoms with Crippen molar-refractivity contribution in [3.8, 4) is 6.07 Å². The third kappa shape index (κ3) is 2.94. The maximum Gasteiger partial charge on any atom is 0.258 e. The number of carbonyl (C=O) groups is 1. The fraction of sp³-hybridized carbons (Fsp3) is 0.167. The van der Waals surface area contributed by atoms with Gasteiger partial charge in [-0.05, 0) is 24.6 Å². The Balaban J connectivity index is 1.69. The Hall–Kier alpha value is -4.10. The van der Waals surface area contributed by atoms with Gasteiger partial charge < -0.3 is 20.9 Å². The molecular weight excluding hydrogens is 455 g/mol. The van der Waals surface area contributed by atoms with Crippen LogP contribution in [0, 0.1) is 17.1 Å². The van der Waals surface area contributed by atoms with Gasteiger partial charge >= 0.3 is 0 Å². The van der Waals surface area contributed by atoms with Gasteiger partial charge in [0.25, 0.3) is 5.56 Å². The van der Waals surface area contributed by atoms with Crippen molar-refractivity contribution in [2.24, 2.45) is 5.73 Å². The molecule has 8 nitrogen and oxygen atoms in total. The molecular formula is C24H19FN6O2S. The van der Waals surface area contributed by atoms with E-state index in [4.69, 9.17) is 5.73 Å². The van der Waals surface area contributed by atoms with Crippen LogP contribution in [0.2, 0.25) is 0 Å². The number of carbonyl (C=O) groups excluding carboxylic acids is 1. The van der Waals surface area contributed by atoms with Crippen molar-refractivity contribution >= 4 is 29.2 Å². The molecule has 2 aliphatic rings. The number of amides is 1. The van der Waals surface area contributed by atoms with E-state index in [1.807, 2.05) is 6.92 Å². The molecule has 0 saturated heterocycles. The second kappa shape index (κ2) is 8.04. The summed E-state index contributed by atoms with van der Waals surface area (Å²) in [6, 6.07) is 15.4. The standard InChI is InChI=1S/C24H19FN6O2S/c1-2-31-17-10-6-4-8-14(17)24(22(31)33)15(11-26)19(27)28-20-18(24)21(32)30-23(29-20)34-12-13-7-3-5-9-16(13)25/h3-10H,2,12,27H2,1H3,(H2,28,29,30,32)/t24-/m1/s1. The number of nitrogens with one attached hydrogen (secondary N) is 2. The number of aromatic nitrogens is 2. The van der Waals surface area contributed by atoms with E-state index in [1.54, 1.807) is 42.5 Å². The van der Waals surface area contributed by atoms with Crippen LogP contribution in [0.5, 0.6) is 0 Å². The molecule has 3 aromatic rings. The van der Waals surface area contributed by atoms with Gasteiger partial charge in [-0.2, -0.15) is 5.26 Å². The predicted octanol–water partition coefficient (Wildman–Crippen LogP) is 2.97. The molecule has 0 saturated carbocycles. The first-order valence-electron chi connectivity index (χ1n) is 10.5. The zero-order chi connectivity index (χ0) is 24.0. The van der Waals surface area contributed by atoms with Crippen LogP contribution in [0.25, 0.3) is 0 Å². The summed E-state index contributed by atoms with van der Waals surface area (Å²) in [6.07, 6.45) is 0. The largest absolute Gasteiger partial charge is 0.384 e. The molecule has 0 unspecified atom stereocenters. The maximum absolute atomic E-state index is 14.0. The van der Waals surface area contributed by atoms with Crippen molar-refractivity contribution in [3.05, 3.63) is 92.8 Å². The molecule has 170 valence electrons. The number of H-pyrrole nitrogens is 1. The smallest absolute Gasteiger partial charge is 0.258 e. The highest BCUT2D eigenvalue weighted by Crippen LogP contribution is 2.52. The summed E-state index contributed by atoms with van der Waals surface area (Å²) in [5, 5.41) is 13.1. The zero-order valence-electron chi connectivity index (χ0n) is 18.1. The van der Waals surface area contributed by atoms with Gasteiger partial charge in [0.1, 0.15) is 28.9 Å². The first-order valence-corrected chi connectivity index (χ1v) is 11.5. The van der Waals surface area contributed by atoms with E-state index in [0.717, 1.165) is 11.8 Å². The van der Waals surface area contributed by atoms with E-state index in [1.165, 1.54) is 11.0 Å². The highest BCUT2D eigenvalue weighted by Gasteiger charge is 2.59. The summed E-state index contributed by atoms with van der Waals surface area (Å²) >= 11 is 1.14. The summed E-state index contributed by atoms with van der Waals surface area (Å²) in [6.45, 7) is 2.17. The Bertz CT molecular complexity index is 1480. The molecule has 1 aromatic heterocycles. The third-order valence-electron chi connectivity index (χ3n) is 6.09. The lowest BCUT2D eigenvalue weighted by atomic mass is 9.69. The molecule has 0 bridgehead atoms. The lowest BCUT2D eigenvalue weighted by Gasteiger charge is -2.34. The summed E-state index contributed by atoms with van der Waals surface area (Å²) in [5.41, 5.74) is 5.48. The number of hydrogen-bond donors (Lipinski definition) is 3. The van der Waals surface area contributed by atoms with Gasteiger partial charge in [-0.25, -0.2) is 9.37 Å². The molecule has 2 aromatic carbocycles. The first-order chi connectivity index (χ1) is 16.4. The van der Waals surface area contributed by atoms with Crippen LogP contribution in [0.3, 0.4) is 0 Å². The number of hydrogen-bond acceptors (Lipinski definition) is 7. The first kappa shape index (κ1) is 21.7. The molecule has 34 heavy (non-hydrogen) atoms. The number of halogens is 1. The minimum Gasteiger partial charge on any atom is -0.384 e. The molecule has 0 aliphatic carbocycles. The number of anilines is 2. The average molecular weight is 475 g/mol. The molecule has 10 heteroatoms. The number of nitrogens with two attached hydrogens (primary N) is 1. The Kier molecular flexibility index (Phi) is 5.14. The van der Waals surface area contributed by atoms with Crippen LogP contribution in [-0.2, 0) is 16.0 Å². The van der Waals surface area contributed by atoms with Crippen LogP contribution in [0.4, 0.5) is 15.9 Å². The Labute approximate surface area is 198 Å². The van der Waals surface area contributed by atoms with Crippen molar-refractivity contribution in [3.63, 3.8) is 0 Å². The normalized spacial score (nSPS) is 18.5. The second-order valence-electron chi connectivity index (χ2n) is 7.82. The maximum atomic E-state index is 14.0. The predicted molar refractivity (Wildman–Crippen MR) is 127 cm³/mol. The summed E-state index contributed by atoms with van der Waals surface area (Å²) in [5.74, 6) is -0.500. The highest BCUT2D eigenvalue weighted by molar-refractivity contribution is 7.98. The van der Waals surface area contributed by atoms with Crippen LogP contribution < -0.4 is 21.5 Å². The second-order valence-corrected chi connectivity index (χ2v) is 8.78. The van der Waals surface area contributed by atoms with Crippen LogP contribution in [0.15, 0.2) is 69.9 Å². The monoisotopic (exact) mass is 474 g/mol. The Morgan fingerprint density at radius 3 is 2.68 bits per heavy atom. The number of aromatic amines is 1.